The lowest BCUT2D eigenvalue weighted by Crippen LogP contribution is -2.40. The van der Waals surface area contributed by atoms with E-state index >= 15 is 0 Å². The Labute approximate surface area is 185 Å². The van der Waals surface area contributed by atoms with Crippen LogP contribution < -0.4 is 11.1 Å². The number of piperidine rings is 1. The highest BCUT2D eigenvalue weighted by Gasteiger charge is 2.21. The average Bonchev–Trinajstić information content (AvgIpc) is 2.83. The maximum absolute atomic E-state index is 9.01. The normalized spacial score (nSPS) is 15.0. The van der Waals surface area contributed by atoms with Crippen LogP contribution in [0.25, 0.3) is 0 Å². The maximum atomic E-state index is 9.01. The second-order valence-corrected chi connectivity index (χ2v) is 8.34. The van der Waals surface area contributed by atoms with E-state index in [0.29, 0.717) is 23.2 Å². The van der Waals surface area contributed by atoms with E-state index in [2.05, 4.69) is 76.9 Å². The molecule has 0 unspecified atom stereocenters. The number of nitrogen functional groups attached to an aromatic ring is 1. The number of likely N-dealkylation sites (tertiary alicyclic amines) is 1. The lowest BCUT2D eigenvalue weighted by molar-refractivity contribution is 0.214. The number of rotatable bonds is 7. The fourth-order valence-electron chi connectivity index (χ4n) is 4.49. The van der Waals surface area contributed by atoms with Gasteiger partial charge in [0, 0.05) is 25.0 Å². The van der Waals surface area contributed by atoms with Crippen molar-refractivity contribution >= 4 is 11.4 Å². The van der Waals surface area contributed by atoms with E-state index in [1.54, 1.807) is 6.07 Å². The molecule has 0 atom stereocenters. The van der Waals surface area contributed by atoms with Gasteiger partial charge in [-0.25, -0.2) is 0 Å². The number of nitrogens with one attached hydrogen (secondary N) is 1. The van der Waals surface area contributed by atoms with E-state index in [1.807, 2.05) is 12.1 Å². The first-order chi connectivity index (χ1) is 15.2. The van der Waals surface area contributed by atoms with Gasteiger partial charge in [0.2, 0.25) is 0 Å². The second kappa shape index (κ2) is 10.1. The molecule has 4 heteroatoms. The summed E-state index contributed by atoms with van der Waals surface area (Å²) < 4.78 is 0. The van der Waals surface area contributed by atoms with E-state index in [0.717, 1.165) is 44.6 Å². The van der Waals surface area contributed by atoms with Gasteiger partial charge in [-0.15, -0.1) is 0 Å². The highest BCUT2D eigenvalue weighted by atomic mass is 15.1. The average molecular weight is 411 g/mol. The predicted octanol–water partition coefficient (Wildman–Crippen LogP) is 5.24. The zero-order chi connectivity index (χ0) is 21.5. The molecule has 1 aliphatic heterocycles. The first kappa shape index (κ1) is 21.0. The van der Waals surface area contributed by atoms with Crippen LogP contribution in [0.3, 0.4) is 0 Å². The number of nitrogens with two attached hydrogens (primary N) is 1. The minimum absolute atomic E-state index is 0.422. The fraction of sp³-hybridized carbons (Fsp3) is 0.296. The van der Waals surface area contributed by atoms with Gasteiger partial charge in [0.05, 0.1) is 23.0 Å². The molecule has 0 radical (unpaired) electrons. The molecule has 0 bridgehead atoms. The van der Waals surface area contributed by atoms with Crippen molar-refractivity contribution in [1.29, 1.82) is 5.26 Å². The van der Waals surface area contributed by atoms with Crippen LogP contribution in [0.15, 0.2) is 78.9 Å². The molecule has 3 N–H and O–H groups in total. The molecule has 0 aliphatic carbocycles. The SMILES string of the molecule is N#Cc1ccc(NC2CCN(CCC(c3ccccc3)c3ccccc3)CC2)c(N)c1. The third-order valence-electron chi connectivity index (χ3n) is 6.27. The molecule has 0 saturated carbocycles. The van der Waals surface area contributed by atoms with E-state index in [-0.39, 0.29) is 0 Å². The van der Waals surface area contributed by atoms with Gasteiger partial charge in [0.1, 0.15) is 0 Å². The minimum atomic E-state index is 0.422. The van der Waals surface area contributed by atoms with Crippen molar-refractivity contribution in [3.8, 4) is 6.07 Å². The zero-order valence-corrected chi connectivity index (χ0v) is 17.9. The van der Waals surface area contributed by atoms with Crippen LogP contribution in [0.1, 0.15) is 41.9 Å². The van der Waals surface area contributed by atoms with Crippen molar-refractivity contribution in [3.63, 3.8) is 0 Å². The Kier molecular flexibility index (Phi) is 6.86. The largest absolute Gasteiger partial charge is 0.397 e. The molecule has 0 aromatic heterocycles. The summed E-state index contributed by atoms with van der Waals surface area (Å²) in [7, 11) is 0. The number of anilines is 2. The lowest BCUT2D eigenvalue weighted by Gasteiger charge is -2.34. The molecule has 1 saturated heterocycles. The molecule has 1 heterocycles. The van der Waals surface area contributed by atoms with Gasteiger partial charge in [0.25, 0.3) is 0 Å². The Morgan fingerprint density at radius 1 is 0.935 bits per heavy atom. The summed E-state index contributed by atoms with van der Waals surface area (Å²) in [5, 5.41) is 12.6. The molecule has 0 spiro atoms. The number of benzene rings is 3. The van der Waals surface area contributed by atoms with Crippen LogP contribution in [-0.4, -0.2) is 30.6 Å². The topological polar surface area (TPSA) is 65.1 Å². The van der Waals surface area contributed by atoms with Crippen molar-refractivity contribution in [2.45, 2.75) is 31.2 Å². The maximum Gasteiger partial charge on any atom is 0.0992 e. The summed E-state index contributed by atoms with van der Waals surface area (Å²) in [5.41, 5.74) is 11.1. The molecule has 31 heavy (non-hydrogen) atoms. The molecular formula is C27H30N4. The third kappa shape index (κ3) is 5.45. The minimum Gasteiger partial charge on any atom is -0.397 e. The Bertz CT molecular complexity index is 963. The highest BCUT2D eigenvalue weighted by Crippen LogP contribution is 2.29. The number of hydrogen-bond donors (Lipinski definition) is 2. The predicted molar refractivity (Wildman–Crippen MR) is 128 cm³/mol. The van der Waals surface area contributed by atoms with Gasteiger partial charge in [-0.05, 0) is 55.1 Å². The Morgan fingerprint density at radius 3 is 2.10 bits per heavy atom. The molecule has 3 aromatic carbocycles. The summed E-state index contributed by atoms with van der Waals surface area (Å²) in [6, 6.07) is 29.7. The van der Waals surface area contributed by atoms with Crippen LogP contribution in [0.4, 0.5) is 11.4 Å². The quantitative estimate of drug-likeness (QED) is 0.523. The van der Waals surface area contributed by atoms with Gasteiger partial charge >= 0.3 is 0 Å². The summed E-state index contributed by atoms with van der Waals surface area (Å²) in [6.45, 7) is 3.27. The van der Waals surface area contributed by atoms with Crippen molar-refractivity contribution in [2.75, 3.05) is 30.7 Å². The molecule has 0 amide bonds. The standard InChI is InChI=1S/C27H30N4/c28-20-21-11-12-27(26(29)19-21)30-24-13-16-31(17-14-24)18-15-25(22-7-3-1-4-8-22)23-9-5-2-6-10-23/h1-12,19,24-25,30H,13-18,29H2. The van der Waals surface area contributed by atoms with E-state index in [4.69, 9.17) is 11.0 Å². The summed E-state index contributed by atoms with van der Waals surface area (Å²) >= 11 is 0. The van der Waals surface area contributed by atoms with Crippen LogP contribution in [0.5, 0.6) is 0 Å². The number of nitriles is 1. The van der Waals surface area contributed by atoms with Crippen LogP contribution >= 0.6 is 0 Å². The summed E-state index contributed by atoms with van der Waals surface area (Å²) in [6.07, 6.45) is 3.32. The zero-order valence-electron chi connectivity index (χ0n) is 17.9. The molecule has 158 valence electrons. The van der Waals surface area contributed by atoms with Crippen molar-refractivity contribution < 1.29 is 0 Å². The molecular weight excluding hydrogens is 380 g/mol. The fourth-order valence-corrected chi connectivity index (χ4v) is 4.49. The van der Waals surface area contributed by atoms with Crippen LogP contribution in [0, 0.1) is 11.3 Å². The molecule has 3 aromatic rings. The summed E-state index contributed by atoms with van der Waals surface area (Å²) in [5.74, 6) is 0.427. The summed E-state index contributed by atoms with van der Waals surface area (Å²) in [4.78, 5) is 2.58. The first-order valence-corrected chi connectivity index (χ1v) is 11.1. The Balaban J connectivity index is 1.32. The molecule has 4 nitrogen and oxygen atoms in total. The third-order valence-corrected chi connectivity index (χ3v) is 6.27. The van der Waals surface area contributed by atoms with Gasteiger partial charge < -0.3 is 16.0 Å². The van der Waals surface area contributed by atoms with Gasteiger partial charge in [-0.3, -0.25) is 0 Å². The smallest absolute Gasteiger partial charge is 0.0992 e. The van der Waals surface area contributed by atoms with Crippen molar-refractivity contribution in [1.82, 2.24) is 4.90 Å². The van der Waals surface area contributed by atoms with E-state index in [1.165, 1.54) is 11.1 Å². The van der Waals surface area contributed by atoms with Crippen molar-refractivity contribution in [2.24, 2.45) is 0 Å². The molecule has 1 fully saturated rings. The lowest BCUT2D eigenvalue weighted by atomic mass is 9.88. The van der Waals surface area contributed by atoms with E-state index in [9.17, 15) is 0 Å². The second-order valence-electron chi connectivity index (χ2n) is 8.34. The number of hydrogen-bond acceptors (Lipinski definition) is 4. The van der Waals surface area contributed by atoms with Gasteiger partial charge in [-0.1, -0.05) is 60.7 Å². The molecule has 1 aliphatic rings. The van der Waals surface area contributed by atoms with Crippen LogP contribution in [0.2, 0.25) is 0 Å². The van der Waals surface area contributed by atoms with Gasteiger partial charge in [0.15, 0.2) is 0 Å². The monoisotopic (exact) mass is 410 g/mol. The number of nitrogens with zero attached hydrogens (tertiary/aromatic N) is 2. The Hall–Kier alpha value is -3.29. The van der Waals surface area contributed by atoms with Crippen molar-refractivity contribution in [3.05, 3.63) is 95.6 Å². The first-order valence-electron chi connectivity index (χ1n) is 11.1. The van der Waals surface area contributed by atoms with Crippen LogP contribution in [-0.2, 0) is 0 Å². The Morgan fingerprint density at radius 2 is 1.55 bits per heavy atom. The molecule has 4 rings (SSSR count). The van der Waals surface area contributed by atoms with Gasteiger partial charge in [-0.2, -0.15) is 5.26 Å². The van der Waals surface area contributed by atoms with E-state index < -0.39 is 0 Å². The highest BCUT2D eigenvalue weighted by molar-refractivity contribution is 5.68.